The Morgan fingerprint density at radius 1 is 1.05 bits per heavy atom. The van der Waals surface area contributed by atoms with Crippen molar-refractivity contribution in [2.45, 2.75) is 20.3 Å². The fourth-order valence-corrected chi connectivity index (χ4v) is 1.45. The highest BCUT2D eigenvalue weighted by atomic mass is 16.6. The Kier molecular flexibility index (Phi) is 7.71. The van der Waals surface area contributed by atoms with E-state index in [1.165, 1.54) is 12.5 Å². The summed E-state index contributed by atoms with van der Waals surface area (Å²) in [7, 11) is 0. The Morgan fingerprint density at radius 3 is 2.43 bits per heavy atom. The second-order valence-corrected chi connectivity index (χ2v) is 4.42. The molecule has 0 heterocycles. The lowest BCUT2D eigenvalue weighted by molar-refractivity contribution is -0.140. The van der Waals surface area contributed by atoms with E-state index in [1.54, 1.807) is 0 Å². The predicted octanol–water partition coefficient (Wildman–Crippen LogP) is 2.05. The fourth-order valence-electron chi connectivity index (χ4n) is 1.45. The molecular weight excluding hydrogens is 274 g/mol. The summed E-state index contributed by atoms with van der Waals surface area (Å²) in [5.74, 6) is 0.421. The number of benzene rings is 1. The van der Waals surface area contributed by atoms with Crippen LogP contribution in [0.2, 0.25) is 0 Å². The van der Waals surface area contributed by atoms with Crippen LogP contribution >= 0.6 is 0 Å². The lowest BCUT2D eigenvalue weighted by Crippen LogP contribution is -2.28. The number of carbonyl (C=O) groups excluding carboxylic acids is 2. The van der Waals surface area contributed by atoms with Gasteiger partial charge in [0.25, 0.3) is 0 Å². The minimum atomic E-state index is -0.530. The van der Waals surface area contributed by atoms with Gasteiger partial charge in [0.05, 0.1) is 19.8 Å². The molecule has 0 unspecified atom stereocenters. The van der Waals surface area contributed by atoms with Gasteiger partial charge in [-0.05, 0) is 19.1 Å². The zero-order valence-electron chi connectivity index (χ0n) is 12.4. The van der Waals surface area contributed by atoms with E-state index in [4.69, 9.17) is 9.47 Å². The first-order valence-electron chi connectivity index (χ1n) is 6.81. The molecule has 0 atom stereocenters. The summed E-state index contributed by atoms with van der Waals surface area (Å²) in [6, 6.07) is 7.75. The lowest BCUT2D eigenvalue weighted by atomic mass is 10.2. The molecule has 1 rings (SSSR count). The van der Waals surface area contributed by atoms with Crippen LogP contribution in [0, 0.1) is 6.92 Å². The highest BCUT2D eigenvalue weighted by molar-refractivity contribution is 5.67. The summed E-state index contributed by atoms with van der Waals surface area (Å²) >= 11 is 0. The molecular formula is C15H21NO5. The Balaban J connectivity index is 1.99. The van der Waals surface area contributed by atoms with Gasteiger partial charge < -0.3 is 19.5 Å². The van der Waals surface area contributed by atoms with Gasteiger partial charge in [-0.25, -0.2) is 4.79 Å². The van der Waals surface area contributed by atoms with E-state index in [0.29, 0.717) is 13.0 Å². The maximum absolute atomic E-state index is 11.2. The number of rotatable bonds is 8. The first-order valence-corrected chi connectivity index (χ1v) is 6.81. The van der Waals surface area contributed by atoms with Crippen molar-refractivity contribution >= 4 is 12.1 Å². The number of alkyl carbamates (subject to hydrolysis) is 1. The Hall–Kier alpha value is -2.24. The van der Waals surface area contributed by atoms with E-state index < -0.39 is 6.09 Å². The molecule has 6 nitrogen and oxygen atoms in total. The largest absolute Gasteiger partial charge is 0.493 e. The fraction of sp³-hybridized carbons (Fsp3) is 0.467. The molecule has 0 aliphatic carbocycles. The zero-order valence-corrected chi connectivity index (χ0v) is 12.4. The minimum absolute atomic E-state index is 0.140. The van der Waals surface area contributed by atoms with Crippen molar-refractivity contribution in [1.82, 2.24) is 5.32 Å². The van der Waals surface area contributed by atoms with Gasteiger partial charge in [0.2, 0.25) is 0 Å². The second kappa shape index (κ2) is 9.63. The van der Waals surface area contributed by atoms with E-state index in [-0.39, 0.29) is 25.7 Å². The van der Waals surface area contributed by atoms with Gasteiger partial charge in [0.15, 0.2) is 0 Å². The van der Waals surface area contributed by atoms with Crippen LogP contribution < -0.4 is 10.1 Å². The van der Waals surface area contributed by atoms with Crippen LogP contribution in [0.4, 0.5) is 4.79 Å². The van der Waals surface area contributed by atoms with E-state index in [1.807, 2.05) is 31.2 Å². The third-order valence-corrected chi connectivity index (χ3v) is 2.49. The predicted molar refractivity (Wildman–Crippen MR) is 77.3 cm³/mol. The van der Waals surface area contributed by atoms with Crippen molar-refractivity contribution in [2.75, 3.05) is 26.4 Å². The van der Waals surface area contributed by atoms with Gasteiger partial charge in [-0.2, -0.15) is 0 Å². The van der Waals surface area contributed by atoms with Crippen molar-refractivity contribution < 1.29 is 23.8 Å². The Bertz CT molecular complexity index is 444. The van der Waals surface area contributed by atoms with Gasteiger partial charge in [0.1, 0.15) is 12.4 Å². The molecule has 0 fully saturated rings. The highest BCUT2D eigenvalue weighted by Gasteiger charge is 2.01. The number of hydrogen-bond donors (Lipinski definition) is 1. The number of carbonyl (C=O) groups is 2. The van der Waals surface area contributed by atoms with Crippen LogP contribution in [0.1, 0.15) is 18.9 Å². The maximum Gasteiger partial charge on any atom is 0.407 e. The topological polar surface area (TPSA) is 73.9 Å². The molecule has 0 aromatic heterocycles. The molecule has 0 spiro atoms. The van der Waals surface area contributed by atoms with Crippen molar-refractivity contribution in [3.63, 3.8) is 0 Å². The quantitative estimate of drug-likeness (QED) is 0.587. The molecule has 0 saturated carbocycles. The Morgan fingerprint density at radius 2 is 1.76 bits per heavy atom. The van der Waals surface area contributed by atoms with E-state index in [2.05, 4.69) is 10.1 Å². The summed E-state index contributed by atoms with van der Waals surface area (Å²) in [5.41, 5.74) is 1.18. The molecule has 0 saturated heterocycles. The standard InChI is InChI=1S/C15H21NO5/c1-12-4-6-14(7-5-12)20-9-3-10-21-15(18)16-8-11-19-13(2)17/h4-7H,3,8-11H2,1-2H3,(H,16,18). The third-order valence-electron chi connectivity index (χ3n) is 2.49. The number of esters is 1. The van der Waals surface area contributed by atoms with Gasteiger partial charge in [-0.1, -0.05) is 17.7 Å². The molecule has 1 aromatic rings. The molecule has 1 amide bonds. The lowest BCUT2D eigenvalue weighted by Gasteiger charge is -2.08. The van der Waals surface area contributed by atoms with E-state index in [0.717, 1.165) is 5.75 Å². The molecule has 0 aliphatic rings. The van der Waals surface area contributed by atoms with E-state index in [9.17, 15) is 9.59 Å². The number of amides is 1. The molecule has 0 aliphatic heterocycles. The molecule has 6 heteroatoms. The Labute approximate surface area is 124 Å². The van der Waals surface area contributed by atoms with Crippen LogP contribution in [0.15, 0.2) is 24.3 Å². The first kappa shape index (κ1) is 16.8. The van der Waals surface area contributed by atoms with Gasteiger partial charge in [0, 0.05) is 13.3 Å². The number of nitrogens with one attached hydrogen (secondary N) is 1. The number of ether oxygens (including phenoxy) is 3. The van der Waals surface area contributed by atoms with Crippen molar-refractivity contribution in [3.8, 4) is 5.75 Å². The van der Waals surface area contributed by atoms with Crippen LogP contribution in [0.5, 0.6) is 5.75 Å². The molecule has 116 valence electrons. The second-order valence-electron chi connectivity index (χ2n) is 4.42. The smallest absolute Gasteiger partial charge is 0.407 e. The average molecular weight is 295 g/mol. The average Bonchev–Trinajstić information content (AvgIpc) is 2.45. The van der Waals surface area contributed by atoms with Crippen LogP contribution in [-0.4, -0.2) is 38.4 Å². The molecule has 0 radical (unpaired) electrons. The summed E-state index contributed by atoms with van der Waals surface area (Å²) in [5, 5.41) is 2.47. The monoisotopic (exact) mass is 295 g/mol. The van der Waals surface area contributed by atoms with Gasteiger partial charge in [-0.15, -0.1) is 0 Å². The maximum atomic E-state index is 11.2. The minimum Gasteiger partial charge on any atom is -0.493 e. The zero-order chi connectivity index (χ0) is 15.5. The van der Waals surface area contributed by atoms with Crippen molar-refractivity contribution in [3.05, 3.63) is 29.8 Å². The van der Waals surface area contributed by atoms with Gasteiger partial charge in [-0.3, -0.25) is 4.79 Å². The first-order chi connectivity index (χ1) is 10.1. The van der Waals surface area contributed by atoms with Gasteiger partial charge >= 0.3 is 12.1 Å². The summed E-state index contributed by atoms with van der Waals surface area (Å²) in [6.07, 6.45) is 0.0723. The van der Waals surface area contributed by atoms with Crippen molar-refractivity contribution in [2.24, 2.45) is 0 Å². The molecule has 1 N–H and O–H groups in total. The SMILES string of the molecule is CC(=O)OCCNC(=O)OCCCOc1ccc(C)cc1. The van der Waals surface area contributed by atoms with E-state index >= 15 is 0 Å². The molecule has 0 bridgehead atoms. The van der Waals surface area contributed by atoms with Crippen LogP contribution in [0.25, 0.3) is 0 Å². The van der Waals surface area contributed by atoms with Crippen LogP contribution in [-0.2, 0) is 14.3 Å². The molecule has 21 heavy (non-hydrogen) atoms. The summed E-state index contributed by atoms with van der Waals surface area (Å²) in [4.78, 5) is 21.7. The molecule has 1 aromatic carbocycles. The summed E-state index contributed by atoms with van der Waals surface area (Å²) in [6.45, 7) is 4.44. The van der Waals surface area contributed by atoms with Crippen molar-refractivity contribution in [1.29, 1.82) is 0 Å². The highest BCUT2D eigenvalue weighted by Crippen LogP contribution is 2.11. The number of aryl methyl sites for hydroxylation is 1. The normalized spacial score (nSPS) is 9.81. The third kappa shape index (κ3) is 8.52. The number of hydrogen-bond acceptors (Lipinski definition) is 5. The summed E-state index contributed by atoms with van der Waals surface area (Å²) < 4.78 is 15.1. The van der Waals surface area contributed by atoms with Crippen LogP contribution in [0.3, 0.4) is 0 Å².